The molecule has 0 aliphatic rings. The lowest BCUT2D eigenvalue weighted by Gasteiger charge is -2.08. The van der Waals surface area contributed by atoms with Crippen molar-refractivity contribution in [3.8, 4) is 11.6 Å². The van der Waals surface area contributed by atoms with E-state index < -0.39 is 5.82 Å². The van der Waals surface area contributed by atoms with Crippen molar-refractivity contribution in [1.29, 1.82) is 0 Å². The molecule has 2 rings (SSSR count). The monoisotopic (exact) mass is 262 g/mol. The third-order valence-corrected chi connectivity index (χ3v) is 2.13. The maximum absolute atomic E-state index is 13.7. The van der Waals surface area contributed by atoms with Gasteiger partial charge in [-0.3, -0.25) is 4.79 Å². The summed E-state index contributed by atoms with van der Waals surface area (Å²) < 4.78 is 19.0. The third kappa shape index (κ3) is 3.38. The molecule has 1 heterocycles. The number of benzene rings is 1. The highest BCUT2D eigenvalue weighted by Crippen LogP contribution is 2.25. The van der Waals surface area contributed by atoms with Crippen molar-refractivity contribution in [1.82, 2.24) is 9.97 Å². The zero-order chi connectivity index (χ0) is 13.8. The smallest absolute Gasteiger partial charge is 0.224 e. The van der Waals surface area contributed by atoms with Crippen molar-refractivity contribution in [2.24, 2.45) is 0 Å². The fraction of sp³-hybridized carbons (Fsp3) is 0.0833. The third-order valence-electron chi connectivity index (χ3n) is 2.13. The second-order valence-corrected chi connectivity index (χ2v) is 3.71. The van der Waals surface area contributed by atoms with Crippen LogP contribution in [0.5, 0.6) is 11.6 Å². The fourth-order valence-corrected chi connectivity index (χ4v) is 1.39. The molecule has 0 spiro atoms. The normalized spacial score (nSPS) is 10.0. The van der Waals surface area contributed by atoms with Gasteiger partial charge < -0.3 is 15.8 Å². The number of amides is 1. The van der Waals surface area contributed by atoms with Crippen LogP contribution in [0, 0.1) is 5.82 Å². The molecule has 19 heavy (non-hydrogen) atoms. The first kappa shape index (κ1) is 12.7. The van der Waals surface area contributed by atoms with E-state index in [2.05, 4.69) is 15.3 Å². The predicted molar refractivity (Wildman–Crippen MR) is 67.2 cm³/mol. The molecule has 1 aromatic carbocycles. The SMILES string of the molecule is CC(=O)Nc1ccc(Oc2cc(N)ncn2)c(F)c1. The number of carbonyl (C=O) groups excluding carboxylic acids is 1. The van der Waals surface area contributed by atoms with Crippen LogP contribution in [-0.4, -0.2) is 15.9 Å². The molecule has 0 radical (unpaired) electrons. The highest BCUT2D eigenvalue weighted by atomic mass is 19.1. The Hall–Kier alpha value is -2.70. The molecule has 6 nitrogen and oxygen atoms in total. The van der Waals surface area contributed by atoms with Crippen molar-refractivity contribution < 1.29 is 13.9 Å². The maximum Gasteiger partial charge on any atom is 0.224 e. The number of nitrogens with one attached hydrogen (secondary N) is 1. The number of anilines is 2. The van der Waals surface area contributed by atoms with E-state index in [-0.39, 0.29) is 23.4 Å². The molecule has 0 atom stereocenters. The molecule has 98 valence electrons. The van der Waals surface area contributed by atoms with Gasteiger partial charge in [0, 0.05) is 24.7 Å². The van der Waals surface area contributed by atoms with E-state index in [9.17, 15) is 9.18 Å². The van der Waals surface area contributed by atoms with Gasteiger partial charge >= 0.3 is 0 Å². The zero-order valence-corrected chi connectivity index (χ0v) is 10.1. The number of aromatic nitrogens is 2. The first-order valence-electron chi connectivity index (χ1n) is 5.37. The van der Waals surface area contributed by atoms with Gasteiger partial charge in [0.2, 0.25) is 11.8 Å². The Morgan fingerprint density at radius 1 is 1.37 bits per heavy atom. The fourth-order valence-electron chi connectivity index (χ4n) is 1.39. The molecule has 1 amide bonds. The second-order valence-electron chi connectivity index (χ2n) is 3.71. The van der Waals surface area contributed by atoms with Gasteiger partial charge in [-0.25, -0.2) is 14.4 Å². The van der Waals surface area contributed by atoms with Gasteiger partial charge in [-0.1, -0.05) is 0 Å². The Balaban J connectivity index is 2.19. The molecule has 0 unspecified atom stereocenters. The zero-order valence-electron chi connectivity index (χ0n) is 10.1. The van der Waals surface area contributed by atoms with Gasteiger partial charge in [-0.05, 0) is 12.1 Å². The minimum absolute atomic E-state index is 0.0211. The quantitative estimate of drug-likeness (QED) is 0.882. The molecule has 0 aliphatic heterocycles. The van der Waals surface area contributed by atoms with Crippen molar-refractivity contribution in [3.05, 3.63) is 36.4 Å². The van der Waals surface area contributed by atoms with E-state index in [4.69, 9.17) is 10.5 Å². The number of ether oxygens (including phenoxy) is 1. The highest BCUT2D eigenvalue weighted by Gasteiger charge is 2.08. The first-order valence-corrected chi connectivity index (χ1v) is 5.37. The van der Waals surface area contributed by atoms with Crippen molar-refractivity contribution in [2.75, 3.05) is 11.1 Å². The predicted octanol–water partition coefficient (Wildman–Crippen LogP) is 1.95. The molecule has 0 bridgehead atoms. The van der Waals surface area contributed by atoms with Crippen molar-refractivity contribution in [2.45, 2.75) is 6.92 Å². The number of rotatable bonds is 3. The minimum Gasteiger partial charge on any atom is -0.436 e. The molecule has 0 fully saturated rings. The Labute approximate surface area is 108 Å². The summed E-state index contributed by atoms with van der Waals surface area (Å²) in [5.41, 5.74) is 5.80. The average Bonchev–Trinajstić information content (AvgIpc) is 2.32. The van der Waals surface area contributed by atoms with E-state index in [1.165, 1.54) is 31.5 Å². The van der Waals surface area contributed by atoms with Gasteiger partial charge in [-0.15, -0.1) is 0 Å². The lowest BCUT2D eigenvalue weighted by Crippen LogP contribution is -2.06. The van der Waals surface area contributed by atoms with Crippen molar-refractivity contribution in [3.63, 3.8) is 0 Å². The molecule has 1 aromatic heterocycles. The number of nitrogens with zero attached hydrogens (tertiary/aromatic N) is 2. The van der Waals surface area contributed by atoms with Gasteiger partial charge in [-0.2, -0.15) is 0 Å². The number of nitrogens with two attached hydrogens (primary N) is 1. The molecular weight excluding hydrogens is 251 g/mol. The Morgan fingerprint density at radius 3 is 2.79 bits per heavy atom. The Morgan fingerprint density at radius 2 is 2.16 bits per heavy atom. The molecule has 0 saturated heterocycles. The largest absolute Gasteiger partial charge is 0.436 e. The van der Waals surface area contributed by atoms with Crippen LogP contribution in [0.1, 0.15) is 6.92 Å². The van der Waals surface area contributed by atoms with E-state index >= 15 is 0 Å². The van der Waals surface area contributed by atoms with E-state index in [0.717, 1.165) is 6.07 Å². The summed E-state index contributed by atoms with van der Waals surface area (Å²) in [5, 5.41) is 2.47. The van der Waals surface area contributed by atoms with Crippen LogP contribution in [0.3, 0.4) is 0 Å². The summed E-state index contributed by atoms with van der Waals surface area (Å²) in [6.07, 6.45) is 1.22. The Kier molecular flexibility index (Phi) is 3.56. The van der Waals surface area contributed by atoms with Gasteiger partial charge in [0.1, 0.15) is 12.1 Å². The molecule has 2 aromatic rings. The molecule has 0 aliphatic carbocycles. The average molecular weight is 262 g/mol. The summed E-state index contributed by atoms with van der Waals surface area (Å²) in [5.74, 6) is -0.564. The van der Waals surface area contributed by atoms with Gasteiger partial charge in [0.05, 0.1) is 0 Å². The number of hydrogen-bond acceptors (Lipinski definition) is 5. The summed E-state index contributed by atoms with van der Waals surface area (Å²) >= 11 is 0. The maximum atomic E-state index is 13.7. The summed E-state index contributed by atoms with van der Waals surface area (Å²) in [6, 6.07) is 5.44. The van der Waals surface area contributed by atoms with Crippen LogP contribution in [0.15, 0.2) is 30.6 Å². The number of halogens is 1. The van der Waals surface area contributed by atoms with Crippen LogP contribution in [0.4, 0.5) is 15.9 Å². The number of nitrogen functional groups attached to an aromatic ring is 1. The van der Waals surface area contributed by atoms with E-state index in [1.54, 1.807) is 0 Å². The van der Waals surface area contributed by atoms with Gasteiger partial charge in [0.15, 0.2) is 11.6 Å². The topological polar surface area (TPSA) is 90.1 Å². The second kappa shape index (κ2) is 5.30. The van der Waals surface area contributed by atoms with E-state index in [1.807, 2.05) is 0 Å². The van der Waals surface area contributed by atoms with Gasteiger partial charge in [0.25, 0.3) is 0 Å². The van der Waals surface area contributed by atoms with Crippen LogP contribution < -0.4 is 15.8 Å². The lowest BCUT2D eigenvalue weighted by molar-refractivity contribution is -0.114. The van der Waals surface area contributed by atoms with Crippen LogP contribution in [0.25, 0.3) is 0 Å². The minimum atomic E-state index is -0.622. The highest BCUT2D eigenvalue weighted by molar-refractivity contribution is 5.88. The van der Waals surface area contributed by atoms with Crippen LogP contribution in [0.2, 0.25) is 0 Å². The molecule has 7 heteroatoms. The van der Waals surface area contributed by atoms with E-state index in [0.29, 0.717) is 5.69 Å². The Bertz CT molecular complexity index is 618. The van der Waals surface area contributed by atoms with Crippen molar-refractivity contribution >= 4 is 17.4 Å². The number of hydrogen-bond donors (Lipinski definition) is 2. The lowest BCUT2D eigenvalue weighted by atomic mass is 10.3. The van der Waals surface area contributed by atoms with Crippen LogP contribution in [-0.2, 0) is 4.79 Å². The summed E-state index contributed by atoms with van der Waals surface area (Å²) in [7, 11) is 0. The molecule has 0 saturated carbocycles. The molecule has 3 N–H and O–H groups in total. The van der Waals surface area contributed by atoms with Crippen LogP contribution >= 0.6 is 0 Å². The first-order chi connectivity index (χ1) is 9.04. The molecular formula is C12H11FN4O2. The summed E-state index contributed by atoms with van der Waals surface area (Å²) in [4.78, 5) is 18.3. The summed E-state index contributed by atoms with van der Waals surface area (Å²) in [6.45, 7) is 1.34. The standard InChI is InChI=1S/C12H11FN4O2/c1-7(18)17-8-2-3-10(9(13)4-8)19-12-5-11(14)15-6-16-12/h2-6H,1H3,(H,17,18)(H2,14,15,16). The number of carbonyl (C=O) groups is 1.